The number of piperidine rings is 1. The molecule has 1 N–H and O–H groups in total. The number of likely N-dealkylation sites (tertiary alicyclic amines) is 1. The van der Waals surface area contributed by atoms with Crippen molar-refractivity contribution in [3.8, 4) is 5.75 Å². The summed E-state index contributed by atoms with van der Waals surface area (Å²) in [6.45, 7) is 2.61. The molecule has 1 saturated heterocycles. The second-order valence-electron chi connectivity index (χ2n) is 7.56. The van der Waals surface area contributed by atoms with Crippen LogP contribution in [0.3, 0.4) is 0 Å². The molecule has 7 heteroatoms. The molecule has 1 saturated carbocycles. The van der Waals surface area contributed by atoms with Crippen molar-refractivity contribution in [2.45, 2.75) is 50.5 Å². The molecule has 0 atom stereocenters. The molecular weight excluding hydrogens is 362 g/mol. The summed E-state index contributed by atoms with van der Waals surface area (Å²) in [5.74, 6) is 0.241. The van der Waals surface area contributed by atoms with Gasteiger partial charge in [-0.1, -0.05) is 6.42 Å². The van der Waals surface area contributed by atoms with Crippen LogP contribution in [0.15, 0.2) is 29.9 Å². The summed E-state index contributed by atoms with van der Waals surface area (Å²) in [5.41, 5.74) is 3.37. The molecule has 1 spiro atoms. The first-order valence-corrected chi connectivity index (χ1v) is 10.5. The first-order valence-electron chi connectivity index (χ1n) is 9.61. The fraction of sp³-hybridized carbons (Fsp3) is 0.500. The highest BCUT2D eigenvalue weighted by Gasteiger charge is 2.42. The minimum Gasteiger partial charge on any atom is -0.462 e. The van der Waals surface area contributed by atoms with E-state index in [9.17, 15) is 4.79 Å². The summed E-state index contributed by atoms with van der Waals surface area (Å²) in [5, 5.41) is 2.91. The van der Waals surface area contributed by atoms with Crippen LogP contribution in [0.1, 0.15) is 47.3 Å². The van der Waals surface area contributed by atoms with Gasteiger partial charge in [0.1, 0.15) is 10.6 Å². The fourth-order valence-electron chi connectivity index (χ4n) is 4.06. The zero-order chi connectivity index (χ0) is 18.3. The molecule has 3 aliphatic rings. The molecule has 1 aromatic carbocycles. The molecule has 1 amide bonds. The number of nitrogens with zero attached hydrogens (tertiary/aromatic N) is 2. The first kappa shape index (κ1) is 17.2. The van der Waals surface area contributed by atoms with Gasteiger partial charge in [-0.2, -0.15) is 0 Å². The maximum Gasteiger partial charge on any atom is 0.267 e. The highest BCUT2D eigenvalue weighted by Crippen LogP contribution is 2.40. The Morgan fingerprint density at radius 1 is 1.30 bits per heavy atom. The zero-order valence-corrected chi connectivity index (χ0v) is 16.0. The zero-order valence-electron chi connectivity index (χ0n) is 15.1. The van der Waals surface area contributed by atoms with Gasteiger partial charge in [0.15, 0.2) is 0 Å². The lowest BCUT2D eigenvalue weighted by Crippen LogP contribution is -2.54. The van der Waals surface area contributed by atoms with E-state index in [0.29, 0.717) is 11.5 Å². The Hall–Kier alpha value is -1.96. The first-order chi connectivity index (χ1) is 13.2. The Morgan fingerprint density at radius 3 is 2.85 bits per heavy atom. The molecule has 5 rings (SSSR count). The number of carbonyl (C=O) groups is 1. The van der Waals surface area contributed by atoms with Crippen LogP contribution in [-0.2, 0) is 11.3 Å². The van der Waals surface area contributed by atoms with Crippen molar-refractivity contribution < 1.29 is 14.3 Å². The minimum absolute atomic E-state index is 0.144. The Kier molecular flexibility index (Phi) is 4.38. The number of thiazole rings is 1. The molecule has 1 aliphatic carbocycles. The Morgan fingerprint density at radius 2 is 2.15 bits per heavy atom. The molecular formula is C20H23N3O3S. The number of nitrogens with one attached hydrogen (secondary N) is 1. The lowest BCUT2D eigenvalue weighted by Gasteiger charge is -2.47. The molecule has 2 aliphatic heterocycles. The van der Waals surface area contributed by atoms with E-state index in [1.807, 2.05) is 18.2 Å². The van der Waals surface area contributed by atoms with Crippen molar-refractivity contribution in [1.29, 1.82) is 0 Å². The van der Waals surface area contributed by atoms with Crippen molar-refractivity contribution >= 4 is 22.9 Å². The molecule has 0 unspecified atom stereocenters. The summed E-state index contributed by atoms with van der Waals surface area (Å²) in [7, 11) is 0. The Balaban J connectivity index is 1.25. The standard InChI is InChI=1S/C20H23N3O3S/c24-19(18-11-21-13-27-18)22-15-4-5-17-14(10-15)12-25-20(26-17)6-8-23(9-7-20)16-2-1-3-16/h4-5,10-11,13,16H,1-3,6-9,12H2,(H,22,24). The van der Waals surface area contributed by atoms with E-state index >= 15 is 0 Å². The maximum absolute atomic E-state index is 12.2. The topological polar surface area (TPSA) is 63.7 Å². The number of anilines is 1. The Bertz CT molecular complexity index is 827. The summed E-state index contributed by atoms with van der Waals surface area (Å²) < 4.78 is 12.5. The molecule has 142 valence electrons. The molecule has 6 nitrogen and oxygen atoms in total. The smallest absolute Gasteiger partial charge is 0.267 e. The number of rotatable bonds is 3. The quantitative estimate of drug-likeness (QED) is 0.874. The van der Waals surface area contributed by atoms with Crippen molar-refractivity contribution in [2.24, 2.45) is 0 Å². The van der Waals surface area contributed by atoms with Crippen LogP contribution in [0.25, 0.3) is 0 Å². The third kappa shape index (κ3) is 3.35. The predicted octanol–water partition coefficient (Wildman–Crippen LogP) is 3.65. The van der Waals surface area contributed by atoms with Crippen LogP contribution in [-0.4, -0.2) is 40.7 Å². The van der Waals surface area contributed by atoms with Crippen molar-refractivity contribution in [1.82, 2.24) is 9.88 Å². The maximum atomic E-state index is 12.2. The van der Waals surface area contributed by atoms with Crippen LogP contribution in [0.5, 0.6) is 5.75 Å². The minimum atomic E-state index is -0.485. The van der Waals surface area contributed by atoms with E-state index in [2.05, 4.69) is 15.2 Å². The monoisotopic (exact) mass is 385 g/mol. The van der Waals surface area contributed by atoms with Crippen LogP contribution in [0, 0.1) is 0 Å². The van der Waals surface area contributed by atoms with E-state index in [4.69, 9.17) is 9.47 Å². The number of carbonyl (C=O) groups excluding carboxylic acids is 1. The summed E-state index contributed by atoms with van der Waals surface area (Å²) >= 11 is 1.32. The van der Waals surface area contributed by atoms with Crippen LogP contribution >= 0.6 is 11.3 Å². The second-order valence-corrected chi connectivity index (χ2v) is 8.45. The lowest BCUT2D eigenvalue weighted by atomic mass is 9.89. The number of hydrogen-bond donors (Lipinski definition) is 1. The van der Waals surface area contributed by atoms with Crippen LogP contribution < -0.4 is 10.1 Å². The fourth-order valence-corrected chi connectivity index (χ4v) is 4.57. The SMILES string of the molecule is O=C(Nc1ccc2c(c1)COC1(CCN(C3CCC3)CC1)O2)c1cncs1. The average molecular weight is 385 g/mol. The number of fused-ring (bicyclic) bond motifs is 1. The van der Waals surface area contributed by atoms with E-state index in [1.165, 1.54) is 30.6 Å². The van der Waals surface area contributed by atoms with E-state index < -0.39 is 5.79 Å². The van der Waals surface area contributed by atoms with E-state index in [0.717, 1.165) is 49.0 Å². The highest BCUT2D eigenvalue weighted by atomic mass is 32.1. The Labute approximate surface area is 162 Å². The molecule has 0 radical (unpaired) electrons. The van der Waals surface area contributed by atoms with Crippen molar-refractivity contribution in [3.05, 3.63) is 40.3 Å². The number of ether oxygens (including phenoxy) is 2. The second kappa shape index (κ2) is 6.89. The van der Waals surface area contributed by atoms with Gasteiger partial charge in [0, 0.05) is 43.2 Å². The number of aromatic nitrogens is 1. The predicted molar refractivity (Wildman–Crippen MR) is 103 cm³/mol. The normalized spacial score (nSPS) is 21.9. The third-order valence-electron chi connectivity index (χ3n) is 5.91. The van der Waals surface area contributed by atoms with Crippen molar-refractivity contribution in [2.75, 3.05) is 18.4 Å². The largest absolute Gasteiger partial charge is 0.462 e. The van der Waals surface area contributed by atoms with Gasteiger partial charge in [0.25, 0.3) is 5.91 Å². The van der Waals surface area contributed by atoms with Gasteiger partial charge in [0.2, 0.25) is 5.79 Å². The van der Waals surface area contributed by atoms with Gasteiger partial charge in [0.05, 0.1) is 18.3 Å². The van der Waals surface area contributed by atoms with Gasteiger partial charge >= 0.3 is 0 Å². The summed E-state index contributed by atoms with van der Waals surface area (Å²) in [4.78, 5) is 19.3. The van der Waals surface area contributed by atoms with Gasteiger partial charge in [-0.05, 0) is 31.0 Å². The van der Waals surface area contributed by atoms with Gasteiger partial charge < -0.3 is 14.8 Å². The van der Waals surface area contributed by atoms with E-state index in [1.54, 1.807) is 11.7 Å². The molecule has 2 fully saturated rings. The number of amides is 1. The van der Waals surface area contributed by atoms with Crippen LogP contribution in [0.4, 0.5) is 5.69 Å². The third-order valence-corrected chi connectivity index (χ3v) is 6.68. The lowest BCUT2D eigenvalue weighted by molar-refractivity contribution is -0.231. The van der Waals surface area contributed by atoms with Gasteiger partial charge in [-0.15, -0.1) is 11.3 Å². The summed E-state index contributed by atoms with van der Waals surface area (Å²) in [6.07, 6.45) is 7.44. The average Bonchev–Trinajstić information content (AvgIpc) is 3.17. The molecule has 2 aromatic rings. The van der Waals surface area contributed by atoms with E-state index in [-0.39, 0.29) is 5.91 Å². The van der Waals surface area contributed by atoms with Crippen molar-refractivity contribution in [3.63, 3.8) is 0 Å². The molecule has 27 heavy (non-hydrogen) atoms. The number of hydrogen-bond acceptors (Lipinski definition) is 6. The molecule has 1 aromatic heterocycles. The number of benzene rings is 1. The van der Waals surface area contributed by atoms with Gasteiger partial charge in [-0.3, -0.25) is 14.7 Å². The van der Waals surface area contributed by atoms with Gasteiger partial charge in [-0.25, -0.2) is 0 Å². The molecule has 3 heterocycles. The highest BCUT2D eigenvalue weighted by molar-refractivity contribution is 7.11. The summed E-state index contributed by atoms with van der Waals surface area (Å²) in [6, 6.07) is 6.55. The molecule has 0 bridgehead atoms. The van der Waals surface area contributed by atoms with Crippen LogP contribution in [0.2, 0.25) is 0 Å².